The van der Waals surface area contributed by atoms with E-state index < -0.39 is 0 Å². The van der Waals surface area contributed by atoms with Crippen LogP contribution >= 0.6 is 0 Å². The standard InChI is InChI=1S/C9H18N2O/c1-6(2)9(10)11-8-4-5-12-7(8)3/h6-8H,4-5H2,1-3H3,(H2,10,11). The van der Waals surface area contributed by atoms with Crippen LogP contribution in [0.15, 0.2) is 4.99 Å². The predicted octanol–water partition coefficient (Wildman–Crippen LogP) is 1.18. The van der Waals surface area contributed by atoms with Gasteiger partial charge in [-0.1, -0.05) is 13.8 Å². The van der Waals surface area contributed by atoms with E-state index in [4.69, 9.17) is 10.5 Å². The first kappa shape index (κ1) is 9.52. The summed E-state index contributed by atoms with van der Waals surface area (Å²) >= 11 is 0. The van der Waals surface area contributed by atoms with Crippen molar-refractivity contribution in [2.75, 3.05) is 6.61 Å². The van der Waals surface area contributed by atoms with Gasteiger partial charge >= 0.3 is 0 Å². The predicted molar refractivity (Wildman–Crippen MR) is 50.3 cm³/mol. The van der Waals surface area contributed by atoms with Crippen LogP contribution in [0.3, 0.4) is 0 Å². The highest BCUT2D eigenvalue weighted by Gasteiger charge is 2.23. The van der Waals surface area contributed by atoms with Crippen molar-refractivity contribution in [2.24, 2.45) is 16.6 Å². The maximum absolute atomic E-state index is 5.75. The first-order valence-corrected chi connectivity index (χ1v) is 4.56. The Bertz CT molecular complexity index is 177. The second kappa shape index (κ2) is 3.90. The smallest absolute Gasteiger partial charge is 0.0967 e. The molecule has 2 unspecified atom stereocenters. The molecule has 0 saturated carbocycles. The molecule has 1 fully saturated rings. The Hall–Kier alpha value is -0.570. The molecule has 0 amide bonds. The highest BCUT2D eigenvalue weighted by molar-refractivity contribution is 5.82. The number of rotatable bonds is 2. The zero-order valence-corrected chi connectivity index (χ0v) is 8.08. The van der Waals surface area contributed by atoms with Crippen LogP contribution in [0.2, 0.25) is 0 Å². The van der Waals surface area contributed by atoms with Crippen LogP contribution in [-0.4, -0.2) is 24.6 Å². The number of hydrogen-bond donors (Lipinski definition) is 1. The lowest BCUT2D eigenvalue weighted by Gasteiger charge is -2.11. The van der Waals surface area contributed by atoms with Crippen molar-refractivity contribution in [3.63, 3.8) is 0 Å². The first-order valence-electron chi connectivity index (χ1n) is 4.56. The summed E-state index contributed by atoms with van der Waals surface area (Å²) in [4.78, 5) is 4.43. The monoisotopic (exact) mass is 170 g/mol. The quantitative estimate of drug-likeness (QED) is 0.499. The average molecular weight is 170 g/mol. The third kappa shape index (κ3) is 2.21. The molecular formula is C9H18N2O. The van der Waals surface area contributed by atoms with Crippen molar-refractivity contribution in [3.8, 4) is 0 Å². The molecule has 0 aromatic rings. The van der Waals surface area contributed by atoms with E-state index in [0.29, 0.717) is 5.92 Å². The zero-order chi connectivity index (χ0) is 9.14. The molecule has 0 aromatic carbocycles. The highest BCUT2D eigenvalue weighted by atomic mass is 16.5. The van der Waals surface area contributed by atoms with Crippen LogP contribution in [0.1, 0.15) is 27.2 Å². The lowest BCUT2D eigenvalue weighted by molar-refractivity contribution is 0.119. The van der Waals surface area contributed by atoms with Gasteiger partial charge in [0.2, 0.25) is 0 Å². The molecule has 1 saturated heterocycles. The molecule has 12 heavy (non-hydrogen) atoms. The van der Waals surface area contributed by atoms with Gasteiger partial charge in [0.25, 0.3) is 0 Å². The van der Waals surface area contributed by atoms with Gasteiger partial charge < -0.3 is 10.5 Å². The second-order valence-electron chi connectivity index (χ2n) is 3.64. The van der Waals surface area contributed by atoms with E-state index in [1.54, 1.807) is 0 Å². The van der Waals surface area contributed by atoms with E-state index in [0.717, 1.165) is 18.9 Å². The maximum Gasteiger partial charge on any atom is 0.0967 e. The number of amidine groups is 1. The molecule has 70 valence electrons. The van der Waals surface area contributed by atoms with Crippen LogP contribution in [0, 0.1) is 5.92 Å². The van der Waals surface area contributed by atoms with Crippen LogP contribution in [0.25, 0.3) is 0 Å². The zero-order valence-electron chi connectivity index (χ0n) is 8.08. The minimum absolute atomic E-state index is 0.238. The molecule has 1 aliphatic heterocycles. The highest BCUT2D eigenvalue weighted by Crippen LogP contribution is 2.16. The van der Waals surface area contributed by atoms with Crippen molar-refractivity contribution in [1.82, 2.24) is 0 Å². The van der Waals surface area contributed by atoms with Crippen LogP contribution in [0.4, 0.5) is 0 Å². The molecule has 3 nitrogen and oxygen atoms in total. The topological polar surface area (TPSA) is 47.6 Å². The third-order valence-corrected chi connectivity index (χ3v) is 2.24. The minimum Gasteiger partial charge on any atom is -0.387 e. The third-order valence-electron chi connectivity index (χ3n) is 2.24. The summed E-state index contributed by atoms with van der Waals surface area (Å²) in [6, 6.07) is 0.285. The molecule has 1 rings (SSSR count). The summed E-state index contributed by atoms with van der Waals surface area (Å²) in [7, 11) is 0. The molecule has 2 N–H and O–H groups in total. The Morgan fingerprint density at radius 1 is 1.58 bits per heavy atom. The SMILES string of the molecule is CC(C)C(N)=NC1CCOC1C. The van der Waals surface area contributed by atoms with Gasteiger partial charge in [-0.3, -0.25) is 4.99 Å². The van der Waals surface area contributed by atoms with Crippen molar-refractivity contribution in [1.29, 1.82) is 0 Å². The van der Waals surface area contributed by atoms with Crippen molar-refractivity contribution in [2.45, 2.75) is 39.3 Å². The molecule has 0 bridgehead atoms. The van der Waals surface area contributed by atoms with Gasteiger partial charge in [0, 0.05) is 12.5 Å². The minimum atomic E-state index is 0.238. The number of hydrogen-bond acceptors (Lipinski definition) is 2. The molecule has 1 aliphatic rings. The first-order chi connectivity index (χ1) is 5.61. The average Bonchev–Trinajstić information content (AvgIpc) is 2.36. The fraction of sp³-hybridized carbons (Fsp3) is 0.889. The molecule has 2 atom stereocenters. The van der Waals surface area contributed by atoms with Gasteiger partial charge in [-0.2, -0.15) is 0 Å². The summed E-state index contributed by atoms with van der Waals surface area (Å²) in [6.45, 7) is 6.98. The Labute approximate surface area is 74.0 Å². The number of ether oxygens (including phenoxy) is 1. The van der Waals surface area contributed by atoms with E-state index in [9.17, 15) is 0 Å². The molecule has 1 heterocycles. The normalized spacial score (nSPS) is 31.5. The van der Waals surface area contributed by atoms with Gasteiger partial charge in [0.15, 0.2) is 0 Å². The Morgan fingerprint density at radius 3 is 2.67 bits per heavy atom. The van der Waals surface area contributed by atoms with Crippen molar-refractivity contribution < 1.29 is 4.74 Å². The van der Waals surface area contributed by atoms with E-state index in [1.807, 2.05) is 0 Å². The molecule has 0 radical (unpaired) electrons. The summed E-state index contributed by atoms with van der Waals surface area (Å²) in [5, 5.41) is 0. The summed E-state index contributed by atoms with van der Waals surface area (Å²) < 4.78 is 5.38. The van der Waals surface area contributed by atoms with Gasteiger partial charge in [0.1, 0.15) is 0 Å². The fourth-order valence-corrected chi connectivity index (χ4v) is 1.23. The summed E-state index contributed by atoms with van der Waals surface area (Å²) in [5.41, 5.74) is 5.75. The van der Waals surface area contributed by atoms with Gasteiger partial charge in [0.05, 0.1) is 18.0 Å². The van der Waals surface area contributed by atoms with E-state index in [1.165, 1.54) is 0 Å². The van der Waals surface area contributed by atoms with Crippen LogP contribution in [0.5, 0.6) is 0 Å². The number of nitrogens with zero attached hydrogens (tertiary/aromatic N) is 1. The molecule has 0 spiro atoms. The van der Waals surface area contributed by atoms with E-state index in [-0.39, 0.29) is 12.1 Å². The second-order valence-corrected chi connectivity index (χ2v) is 3.64. The molecule has 0 aliphatic carbocycles. The van der Waals surface area contributed by atoms with Gasteiger partial charge in [-0.25, -0.2) is 0 Å². The lowest BCUT2D eigenvalue weighted by atomic mass is 10.1. The number of aliphatic imine (C=N–C) groups is 1. The summed E-state index contributed by atoms with van der Waals surface area (Å²) in [5.74, 6) is 1.09. The maximum atomic E-state index is 5.75. The lowest BCUT2D eigenvalue weighted by Crippen LogP contribution is -2.25. The molecule has 0 aromatic heterocycles. The van der Waals surface area contributed by atoms with Gasteiger partial charge in [-0.05, 0) is 13.3 Å². The Kier molecular flexibility index (Phi) is 3.09. The van der Waals surface area contributed by atoms with Crippen molar-refractivity contribution >= 4 is 5.84 Å². The van der Waals surface area contributed by atoms with E-state index >= 15 is 0 Å². The van der Waals surface area contributed by atoms with Crippen molar-refractivity contribution in [3.05, 3.63) is 0 Å². The fourth-order valence-electron chi connectivity index (χ4n) is 1.23. The molecule has 3 heteroatoms. The van der Waals surface area contributed by atoms with Gasteiger partial charge in [-0.15, -0.1) is 0 Å². The van der Waals surface area contributed by atoms with Crippen LogP contribution < -0.4 is 5.73 Å². The largest absolute Gasteiger partial charge is 0.387 e. The molecular weight excluding hydrogens is 152 g/mol. The Balaban J connectivity index is 2.53. The Morgan fingerprint density at radius 2 is 2.25 bits per heavy atom. The van der Waals surface area contributed by atoms with E-state index in [2.05, 4.69) is 25.8 Å². The number of nitrogens with two attached hydrogens (primary N) is 1. The summed E-state index contributed by atoms with van der Waals surface area (Å²) in [6.07, 6.45) is 1.25. The van der Waals surface area contributed by atoms with Crippen LogP contribution in [-0.2, 0) is 4.74 Å².